The zero-order valence-corrected chi connectivity index (χ0v) is 12.3. The molecule has 2 heterocycles. The smallest absolute Gasteiger partial charge is 0.208 e. The summed E-state index contributed by atoms with van der Waals surface area (Å²) in [5.74, 6) is 1.49. The second kappa shape index (κ2) is 6.43. The van der Waals surface area contributed by atoms with Gasteiger partial charge in [-0.25, -0.2) is 4.98 Å². The third-order valence-corrected chi connectivity index (χ3v) is 4.57. The SMILES string of the molecule is OCC1(CSc2n[nH]c(/C=C/c3ccccc3)n2)COC1. The summed E-state index contributed by atoms with van der Waals surface area (Å²) < 4.78 is 5.18. The summed E-state index contributed by atoms with van der Waals surface area (Å²) in [4.78, 5) is 4.41. The highest BCUT2D eigenvalue weighted by Gasteiger charge is 2.38. The van der Waals surface area contributed by atoms with Gasteiger partial charge in [-0.05, 0) is 11.6 Å². The van der Waals surface area contributed by atoms with E-state index < -0.39 is 0 Å². The maximum Gasteiger partial charge on any atom is 0.208 e. The zero-order valence-electron chi connectivity index (χ0n) is 11.5. The molecule has 0 amide bonds. The first kappa shape index (κ1) is 14.3. The van der Waals surface area contributed by atoms with Gasteiger partial charge in [0.05, 0.1) is 19.8 Å². The summed E-state index contributed by atoms with van der Waals surface area (Å²) in [6, 6.07) is 10.0. The van der Waals surface area contributed by atoms with Crippen molar-refractivity contribution in [2.45, 2.75) is 5.16 Å². The van der Waals surface area contributed by atoms with Gasteiger partial charge in [0.15, 0.2) is 0 Å². The molecule has 0 spiro atoms. The van der Waals surface area contributed by atoms with Crippen molar-refractivity contribution in [2.24, 2.45) is 5.41 Å². The number of hydrogen-bond donors (Lipinski definition) is 2. The second-order valence-corrected chi connectivity index (χ2v) is 6.13. The van der Waals surface area contributed by atoms with E-state index in [1.165, 1.54) is 0 Å². The molecule has 21 heavy (non-hydrogen) atoms. The Labute approximate surface area is 127 Å². The number of aliphatic hydroxyl groups is 1. The summed E-state index contributed by atoms with van der Waals surface area (Å²) >= 11 is 1.54. The molecular weight excluding hydrogens is 286 g/mol. The summed E-state index contributed by atoms with van der Waals surface area (Å²) in [5, 5.41) is 17.2. The van der Waals surface area contributed by atoms with Crippen LogP contribution in [0.2, 0.25) is 0 Å². The van der Waals surface area contributed by atoms with E-state index in [1.807, 2.05) is 42.5 Å². The van der Waals surface area contributed by atoms with Crippen LogP contribution in [0, 0.1) is 5.41 Å². The highest BCUT2D eigenvalue weighted by atomic mass is 32.2. The van der Waals surface area contributed by atoms with Crippen LogP contribution in [-0.2, 0) is 4.74 Å². The Bertz CT molecular complexity index is 603. The van der Waals surface area contributed by atoms with Crippen LogP contribution in [0.3, 0.4) is 0 Å². The summed E-state index contributed by atoms with van der Waals surface area (Å²) in [5.41, 5.74) is 1.000. The molecule has 110 valence electrons. The van der Waals surface area contributed by atoms with Crippen LogP contribution >= 0.6 is 11.8 Å². The minimum absolute atomic E-state index is 0.120. The minimum Gasteiger partial charge on any atom is -0.396 e. The fraction of sp³-hybridized carbons (Fsp3) is 0.333. The van der Waals surface area contributed by atoms with Gasteiger partial charge in [-0.15, -0.1) is 5.10 Å². The van der Waals surface area contributed by atoms with Gasteiger partial charge in [0.25, 0.3) is 0 Å². The van der Waals surface area contributed by atoms with E-state index in [1.54, 1.807) is 11.8 Å². The third-order valence-electron chi connectivity index (χ3n) is 3.37. The van der Waals surface area contributed by atoms with Gasteiger partial charge in [-0.1, -0.05) is 48.2 Å². The Hall–Kier alpha value is -1.63. The lowest BCUT2D eigenvalue weighted by Gasteiger charge is -2.39. The van der Waals surface area contributed by atoms with Gasteiger partial charge in [0.2, 0.25) is 5.16 Å². The first-order valence-corrected chi connectivity index (χ1v) is 7.75. The molecule has 6 heteroatoms. The number of rotatable bonds is 6. The van der Waals surface area contributed by atoms with Crippen molar-refractivity contribution in [2.75, 3.05) is 25.6 Å². The van der Waals surface area contributed by atoms with Crippen molar-refractivity contribution < 1.29 is 9.84 Å². The molecule has 0 atom stereocenters. The second-order valence-electron chi connectivity index (χ2n) is 5.19. The largest absolute Gasteiger partial charge is 0.396 e. The van der Waals surface area contributed by atoms with Gasteiger partial charge in [0.1, 0.15) is 5.82 Å². The maximum atomic E-state index is 9.38. The lowest BCUT2D eigenvalue weighted by atomic mass is 9.90. The van der Waals surface area contributed by atoms with Crippen molar-refractivity contribution in [3.05, 3.63) is 41.7 Å². The number of benzene rings is 1. The summed E-state index contributed by atoms with van der Waals surface area (Å²) in [7, 11) is 0. The molecule has 1 fully saturated rings. The molecule has 2 N–H and O–H groups in total. The molecule has 0 radical (unpaired) electrons. The number of nitrogens with one attached hydrogen (secondary N) is 1. The van der Waals surface area contributed by atoms with Crippen molar-refractivity contribution in [3.63, 3.8) is 0 Å². The Morgan fingerprint density at radius 1 is 1.29 bits per heavy atom. The van der Waals surface area contributed by atoms with Crippen molar-refractivity contribution in [1.29, 1.82) is 0 Å². The van der Waals surface area contributed by atoms with Crippen LogP contribution < -0.4 is 0 Å². The van der Waals surface area contributed by atoms with Crippen molar-refractivity contribution >= 4 is 23.9 Å². The molecular formula is C15H17N3O2S. The number of hydrogen-bond acceptors (Lipinski definition) is 5. The highest BCUT2D eigenvalue weighted by Crippen LogP contribution is 2.32. The molecule has 1 saturated heterocycles. The fourth-order valence-corrected chi connectivity index (χ4v) is 2.93. The first-order chi connectivity index (χ1) is 10.3. The Balaban J connectivity index is 1.57. The summed E-state index contributed by atoms with van der Waals surface area (Å²) in [6.45, 7) is 1.37. The molecule has 5 nitrogen and oxygen atoms in total. The Morgan fingerprint density at radius 2 is 2.10 bits per heavy atom. The van der Waals surface area contributed by atoms with Crippen molar-refractivity contribution in [3.8, 4) is 0 Å². The fourth-order valence-electron chi connectivity index (χ4n) is 1.97. The predicted octanol–water partition coefficient (Wildman–Crippen LogP) is 2.08. The number of aromatic nitrogens is 3. The number of H-pyrrole nitrogens is 1. The van der Waals surface area contributed by atoms with E-state index in [-0.39, 0.29) is 12.0 Å². The van der Waals surface area contributed by atoms with E-state index in [4.69, 9.17) is 4.74 Å². The average Bonchev–Trinajstić information content (AvgIpc) is 2.94. The van der Waals surface area contributed by atoms with Gasteiger partial charge in [-0.3, -0.25) is 5.10 Å². The minimum atomic E-state index is -0.120. The average molecular weight is 303 g/mol. The van der Waals surface area contributed by atoms with E-state index >= 15 is 0 Å². The maximum absolute atomic E-state index is 9.38. The van der Waals surface area contributed by atoms with E-state index in [0.717, 1.165) is 17.1 Å². The third kappa shape index (κ3) is 3.53. The van der Waals surface area contributed by atoms with Crippen LogP contribution in [0.15, 0.2) is 35.5 Å². The molecule has 0 unspecified atom stereocenters. The van der Waals surface area contributed by atoms with Gasteiger partial charge >= 0.3 is 0 Å². The molecule has 1 aromatic heterocycles. The molecule has 3 rings (SSSR count). The standard InChI is InChI=1S/C15H17N3O2S/c19-8-15(9-20-10-15)11-21-14-16-13(17-18-14)7-6-12-4-2-1-3-5-12/h1-7,19H,8-11H2,(H,16,17,18)/b7-6+. The Morgan fingerprint density at radius 3 is 2.76 bits per heavy atom. The van der Waals surface area contributed by atoms with Gasteiger partial charge in [-0.2, -0.15) is 0 Å². The number of thioether (sulfide) groups is 1. The number of aliphatic hydroxyl groups excluding tert-OH is 1. The predicted molar refractivity (Wildman–Crippen MR) is 82.8 cm³/mol. The molecule has 1 aromatic carbocycles. The van der Waals surface area contributed by atoms with Gasteiger partial charge < -0.3 is 9.84 Å². The normalized spacial score (nSPS) is 17.0. The first-order valence-electron chi connectivity index (χ1n) is 6.77. The molecule has 0 saturated carbocycles. The van der Waals surface area contributed by atoms with Crippen LogP contribution in [0.1, 0.15) is 11.4 Å². The quantitative estimate of drug-likeness (QED) is 0.800. The van der Waals surface area contributed by atoms with Crippen LogP contribution in [-0.4, -0.2) is 45.9 Å². The molecule has 1 aliphatic heterocycles. The number of aromatic amines is 1. The monoisotopic (exact) mass is 303 g/mol. The summed E-state index contributed by atoms with van der Waals surface area (Å²) in [6.07, 6.45) is 3.89. The number of ether oxygens (including phenoxy) is 1. The van der Waals surface area contributed by atoms with E-state index in [0.29, 0.717) is 18.4 Å². The molecule has 1 aliphatic rings. The van der Waals surface area contributed by atoms with Crippen LogP contribution in [0.25, 0.3) is 12.2 Å². The van der Waals surface area contributed by atoms with Crippen LogP contribution in [0.4, 0.5) is 0 Å². The lowest BCUT2D eigenvalue weighted by Crippen LogP contribution is -2.47. The van der Waals surface area contributed by atoms with Crippen LogP contribution in [0.5, 0.6) is 0 Å². The van der Waals surface area contributed by atoms with E-state index in [9.17, 15) is 5.11 Å². The van der Waals surface area contributed by atoms with Crippen molar-refractivity contribution in [1.82, 2.24) is 15.2 Å². The highest BCUT2D eigenvalue weighted by molar-refractivity contribution is 7.99. The molecule has 2 aromatic rings. The molecule has 0 aliphatic carbocycles. The topological polar surface area (TPSA) is 71.0 Å². The lowest BCUT2D eigenvalue weighted by molar-refractivity contribution is -0.121. The zero-order chi connectivity index (χ0) is 14.5. The van der Waals surface area contributed by atoms with E-state index in [2.05, 4.69) is 15.2 Å². The number of nitrogens with zero attached hydrogens (tertiary/aromatic N) is 2. The van der Waals surface area contributed by atoms with Gasteiger partial charge in [0, 0.05) is 11.2 Å². The Kier molecular flexibility index (Phi) is 4.38. The molecule has 0 bridgehead atoms.